The summed E-state index contributed by atoms with van der Waals surface area (Å²) in [5, 5.41) is 3.48. The summed E-state index contributed by atoms with van der Waals surface area (Å²) in [5.41, 5.74) is -0.0306. The van der Waals surface area contributed by atoms with Crippen molar-refractivity contribution in [3.05, 3.63) is 0 Å². The lowest BCUT2D eigenvalue weighted by Crippen LogP contribution is -2.47. The molecule has 0 aliphatic heterocycles. The van der Waals surface area contributed by atoms with Gasteiger partial charge in [0, 0.05) is 13.7 Å². The fourth-order valence-electron chi connectivity index (χ4n) is 2.92. The second kappa shape index (κ2) is 7.61. The SMILES string of the molecule is CCNCC1(OCCC(C)(C)OC)CCCC(C)C1. The Morgan fingerprint density at radius 1 is 1.37 bits per heavy atom. The predicted molar refractivity (Wildman–Crippen MR) is 80.6 cm³/mol. The van der Waals surface area contributed by atoms with Crippen molar-refractivity contribution in [3.8, 4) is 0 Å². The molecule has 1 N–H and O–H groups in total. The van der Waals surface area contributed by atoms with E-state index in [4.69, 9.17) is 9.47 Å². The zero-order valence-corrected chi connectivity index (χ0v) is 13.6. The van der Waals surface area contributed by atoms with Crippen LogP contribution in [-0.4, -0.2) is 38.0 Å². The largest absolute Gasteiger partial charge is 0.379 e. The van der Waals surface area contributed by atoms with Crippen LogP contribution in [-0.2, 0) is 9.47 Å². The predicted octanol–water partition coefficient (Wildman–Crippen LogP) is 3.38. The van der Waals surface area contributed by atoms with Crippen LogP contribution < -0.4 is 5.32 Å². The van der Waals surface area contributed by atoms with Gasteiger partial charge in [-0.2, -0.15) is 0 Å². The highest BCUT2D eigenvalue weighted by molar-refractivity contribution is 4.89. The number of nitrogens with one attached hydrogen (secondary N) is 1. The Morgan fingerprint density at radius 3 is 2.68 bits per heavy atom. The highest BCUT2D eigenvalue weighted by Gasteiger charge is 2.35. The lowest BCUT2D eigenvalue weighted by molar-refractivity contribution is -0.0985. The second-order valence-corrected chi connectivity index (χ2v) is 6.73. The first-order valence-corrected chi connectivity index (χ1v) is 7.83. The Balaban J connectivity index is 2.49. The molecule has 0 amide bonds. The van der Waals surface area contributed by atoms with Crippen LogP contribution in [0.15, 0.2) is 0 Å². The van der Waals surface area contributed by atoms with Gasteiger partial charge >= 0.3 is 0 Å². The van der Waals surface area contributed by atoms with Gasteiger partial charge in [0.15, 0.2) is 0 Å². The maximum Gasteiger partial charge on any atom is 0.0808 e. The highest BCUT2D eigenvalue weighted by atomic mass is 16.5. The summed E-state index contributed by atoms with van der Waals surface area (Å²) in [4.78, 5) is 0. The monoisotopic (exact) mass is 271 g/mol. The standard InChI is InChI=1S/C16H33NO2/c1-6-17-13-16(9-7-8-14(2)12-16)19-11-10-15(3,4)18-5/h14,17H,6-13H2,1-5H3. The van der Waals surface area contributed by atoms with E-state index in [9.17, 15) is 0 Å². The van der Waals surface area contributed by atoms with Crippen LogP contribution in [0.4, 0.5) is 0 Å². The molecule has 0 heterocycles. The molecule has 1 fully saturated rings. The van der Waals surface area contributed by atoms with Gasteiger partial charge in [0.05, 0.1) is 17.8 Å². The molecular formula is C16H33NO2. The normalized spacial score (nSPS) is 28.6. The van der Waals surface area contributed by atoms with Crippen LogP contribution in [0.1, 0.15) is 59.8 Å². The fraction of sp³-hybridized carbons (Fsp3) is 1.00. The number of rotatable bonds is 8. The lowest BCUT2D eigenvalue weighted by atomic mass is 9.78. The van der Waals surface area contributed by atoms with E-state index in [1.807, 2.05) is 0 Å². The van der Waals surface area contributed by atoms with Crippen molar-refractivity contribution in [2.45, 2.75) is 71.0 Å². The van der Waals surface area contributed by atoms with Crippen molar-refractivity contribution < 1.29 is 9.47 Å². The Labute approximate surface area is 119 Å². The molecular weight excluding hydrogens is 238 g/mol. The average molecular weight is 271 g/mol. The van der Waals surface area contributed by atoms with Gasteiger partial charge in [0.2, 0.25) is 0 Å². The number of methoxy groups -OCH3 is 1. The van der Waals surface area contributed by atoms with Crippen molar-refractivity contribution in [2.75, 3.05) is 26.8 Å². The number of hydrogen-bond donors (Lipinski definition) is 1. The quantitative estimate of drug-likeness (QED) is 0.734. The second-order valence-electron chi connectivity index (χ2n) is 6.73. The molecule has 1 aliphatic rings. The van der Waals surface area contributed by atoms with Crippen molar-refractivity contribution in [1.29, 1.82) is 0 Å². The summed E-state index contributed by atoms with van der Waals surface area (Å²) >= 11 is 0. The molecule has 114 valence electrons. The summed E-state index contributed by atoms with van der Waals surface area (Å²) in [6.45, 7) is 11.5. The average Bonchev–Trinajstić information content (AvgIpc) is 2.36. The third-order valence-electron chi connectivity index (χ3n) is 4.41. The van der Waals surface area contributed by atoms with Gasteiger partial charge in [-0.05, 0) is 45.6 Å². The summed E-state index contributed by atoms with van der Waals surface area (Å²) in [6, 6.07) is 0. The van der Waals surface area contributed by atoms with Crippen molar-refractivity contribution in [3.63, 3.8) is 0 Å². The Hall–Kier alpha value is -0.120. The first-order chi connectivity index (χ1) is 8.93. The Bertz CT molecular complexity index is 255. The van der Waals surface area contributed by atoms with E-state index in [-0.39, 0.29) is 11.2 Å². The van der Waals surface area contributed by atoms with Gasteiger partial charge in [-0.15, -0.1) is 0 Å². The van der Waals surface area contributed by atoms with E-state index in [2.05, 4.69) is 33.0 Å². The molecule has 3 heteroatoms. The van der Waals surface area contributed by atoms with Gasteiger partial charge in [-0.3, -0.25) is 0 Å². The zero-order chi connectivity index (χ0) is 14.4. The van der Waals surface area contributed by atoms with Crippen LogP contribution in [0, 0.1) is 5.92 Å². The highest BCUT2D eigenvalue weighted by Crippen LogP contribution is 2.35. The number of hydrogen-bond acceptors (Lipinski definition) is 3. The van der Waals surface area contributed by atoms with Crippen LogP contribution in [0.2, 0.25) is 0 Å². The molecule has 0 aromatic heterocycles. The fourth-order valence-corrected chi connectivity index (χ4v) is 2.92. The van der Waals surface area contributed by atoms with Gasteiger partial charge in [0.25, 0.3) is 0 Å². The Morgan fingerprint density at radius 2 is 2.11 bits per heavy atom. The van der Waals surface area contributed by atoms with Gasteiger partial charge in [0.1, 0.15) is 0 Å². The first-order valence-electron chi connectivity index (χ1n) is 7.83. The van der Waals surface area contributed by atoms with Crippen molar-refractivity contribution in [2.24, 2.45) is 5.92 Å². The number of ether oxygens (including phenoxy) is 2. The molecule has 0 aromatic carbocycles. The minimum atomic E-state index is -0.0837. The van der Waals surface area contributed by atoms with Crippen LogP contribution >= 0.6 is 0 Å². The lowest BCUT2D eigenvalue weighted by Gasteiger charge is -2.41. The minimum absolute atomic E-state index is 0.0531. The molecule has 0 saturated heterocycles. The molecule has 2 atom stereocenters. The molecule has 1 aliphatic carbocycles. The van der Waals surface area contributed by atoms with Crippen LogP contribution in [0.5, 0.6) is 0 Å². The van der Waals surface area contributed by atoms with Gasteiger partial charge < -0.3 is 14.8 Å². The molecule has 0 aromatic rings. The van der Waals surface area contributed by atoms with E-state index < -0.39 is 0 Å². The first kappa shape index (κ1) is 16.9. The van der Waals surface area contributed by atoms with E-state index in [1.165, 1.54) is 25.7 Å². The maximum atomic E-state index is 6.34. The summed E-state index contributed by atoms with van der Waals surface area (Å²) in [5.74, 6) is 0.780. The van der Waals surface area contributed by atoms with E-state index in [0.717, 1.165) is 32.0 Å². The summed E-state index contributed by atoms with van der Waals surface area (Å²) < 4.78 is 11.8. The van der Waals surface area contributed by atoms with E-state index >= 15 is 0 Å². The molecule has 0 spiro atoms. The van der Waals surface area contributed by atoms with Gasteiger partial charge in [-0.25, -0.2) is 0 Å². The van der Waals surface area contributed by atoms with E-state index in [0.29, 0.717) is 0 Å². The van der Waals surface area contributed by atoms with Crippen LogP contribution in [0.3, 0.4) is 0 Å². The molecule has 2 unspecified atom stereocenters. The summed E-state index contributed by atoms with van der Waals surface area (Å²) in [7, 11) is 1.77. The molecule has 0 bridgehead atoms. The number of likely N-dealkylation sites (N-methyl/N-ethyl adjacent to an activating group) is 1. The third kappa shape index (κ3) is 5.80. The van der Waals surface area contributed by atoms with Crippen LogP contribution in [0.25, 0.3) is 0 Å². The topological polar surface area (TPSA) is 30.5 Å². The Kier molecular flexibility index (Phi) is 6.78. The van der Waals surface area contributed by atoms with Crippen molar-refractivity contribution in [1.82, 2.24) is 5.32 Å². The minimum Gasteiger partial charge on any atom is -0.379 e. The molecule has 1 saturated carbocycles. The maximum absolute atomic E-state index is 6.34. The summed E-state index contributed by atoms with van der Waals surface area (Å²) in [6.07, 6.45) is 5.97. The smallest absolute Gasteiger partial charge is 0.0808 e. The zero-order valence-electron chi connectivity index (χ0n) is 13.6. The molecule has 3 nitrogen and oxygen atoms in total. The molecule has 0 radical (unpaired) electrons. The van der Waals surface area contributed by atoms with Gasteiger partial charge in [-0.1, -0.05) is 26.7 Å². The molecule has 1 rings (SSSR count). The van der Waals surface area contributed by atoms with Crippen molar-refractivity contribution >= 4 is 0 Å². The van der Waals surface area contributed by atoms with E-state index in [1.54, 1.807) is 7.11 Å². The third-order valence-corrected chi connectivity index (χ3v) is 4.41. The molecule has 19 heavy (non-hydrogen) atoms.